The molecule has 6 heteroatoms. The zero-order valence-corrected chi connectivity index (χ0v) is 17.7. The summed E-state index contributed by atoms with van der Waals surface area (Å²) in [7, 11) is 0. The largest absolute Gasteiger partial charge is 0.322 e. The molecule has 0 bridgehead atoms. The summed E-state index contributed by atoms with van der Waals surface area (Å²) in [6.45, 7) is 6.08. The molecule has 0 radical (unpaired) electrons. The van der Waals surface area contributed by atoms with Crippen LogP contribution in [0.4, 0.5) is 5.69 Å². The van der Waals surface area contributed by atoms with Crippen molar-refractivity contribution < 1.29 is 14.4 Å². The molecule has 0 atom stereocenters. The standard InChI is InChI=1S/C25H25N3O3/c1-16(2)18-7-9-19(10-8-18)24(30)27-28-25(31)20-11-13-22(14-12-20)26-23(29)21-6-4-5-17(3)15-21/h4-16H,1-3H3,(H,26,29)(H,27,30)(H,28,31). The van der Waals surface area contributed by atoms with Crippen molar-refractivity contribution in [3.63, 3.8) is 0 Å². The van der Waals surface area contributed by atoms with Crippen LogP contribution in [-0.4, -0.2) is 17.7 Å². The molecule has 31 heavy (non-hydrogen) atoms. The Morgan fingerprint density at radius 2 is 1.23 bits per heavy atom. The molecule has 0 aliphatic carbocycles. The molecule has 0 saturated heterocycles. The molecule has 3 amide bonds. The number of hydrogen-bond acceptors (Lipinski definition) is 3. The Labute approximate surface area is 181 Å². The SMILES string of the molecule is Cc1cccc(C(=O)Nc2ccc(C(=O)NNC(=O)c3ccc(C(C)C)cc3)cc2)c1. The maximum absolute atomic E-state index is 12.3. The van der Waals surface area contributed by atoms with Gasteiger partial charge in [-0.1, -0.05) is 43.7 Å². The van der Waals surface area contributed by atoms with Gasteiger partial charge in [-0.25, -0.2) is 0 Å². The minimum absolute atomic E-state index is 0.225. The average Bonchev–Trinajstić information content (AvgIpc) is 2.77. The van der Waals surface area contributed by atoms with Crippen molar-refractivity contribution in [2.24, 2.45) is 0 Å². The van der Waals surface area contributed by atoms with E-state index in [1.807, 2.05) is 31.2 Å². The van der Waals surface area contributed by atoms with Crippen LogP contribution in [0.25, 0.3) is 0 Å². The monoisotopic (exact) mass is 415 g/mol. The fourth-order valence-electron chi connectivity index (χ4n) is 2.97. The van der Waals surface area contributed by atoms with Crippen molar-refractivity contribution in [2.75, 3.05) is 5.32 Å². The molecule has 3 aromatic rings. The van der Waals surface area contributed by atoms with E-state index in [4.69, 9.17) is 0 Å². The van der Waals surface area contributed by atoms with E-state index >= 15 is 0 Å². The van der Waals surface area contributed by atoms with Gasteiger partial charge in [0.15, 0.2) is 0 Å². The zero-order valence-electron chi connectivity index (χ0n) is 17.7. The minimum atomic E-state index is -0.455. The highest BCUT2D eigenvalue weighted by atomic mass is 16.2. The molecule has 0 spiro atoms. The number of hydrogen-bond donors (Lipinski definition) is 3. The number of anilines is 1. The third-order valence-corrected chi connectivity index (χ3v) is 4.81. The molecule has 158 valence electrons. The van der Waals surface area contributed by atoms with E-state index < -0.39 is 11.8 Å². The number of amides is 3. The molecule has 0 aliphatic rings. The van der Waals surface area contributed by atoms with E-state index in [9.17, 15) is 14.4 Å². The zero-order chi connectivity index (χ0) is 22.4. The quantitative estimate of drug-likeness (QED) is 0.538. The van der Waals surface area contributed by atoms with Crippen LogP contribution in [0.1, 0.15) is 62.0 Å². The predicted octanol–water partition coefficient (Wildman–Crippen LogP) is 4.45. The summed E-state index contributed by atoms with van der Waals surface area (Å²) in [5.41, 5.74) is 8.88. The highest BCUT2D eigenvalue weighted by molar-refractivity contribution is 6.05. The number of nitrogens with one attached hydrogen (secondary N) is 3. The van der Waals surface area contributed by atoms with Crippen molar-refractivity contribution in [1.29, 1.82) is 0 Å². The number of aryl methyl sites for hydroxylation is 1. The summed E-state index contributed by atoms with van der Waals surface area (Å²) in [5, 5.41) is 2.80. The summed E-state index contributed by atoms with van der Waals surface area (Å²) in [4.78, 5) is 36.8. The second kappa shape index (κ2) is 9.71. The smallest absolute Gasteiger partial charge is 0.269 e. The van der Waals surface area contributed by atoms with Gasteiger partial charge in [-0.3, -0.25) is 25.2 Å². The second-order valence-electron chi connectivity index (χ2n) is 7.59. The van der Waals surface area contributed by atoms with Crippen LogP contribution in [-0.2, 0) is 0 Å². The first kappa shape index (κ1) is 21.8. The van der Waals surface area contributed by atoms with Gasteiger partial charge in [0.05, 0.1) is 0 Å². The first-order chi connectivity index (χ1) is 14.8. The highest BCUT2D eigenvalue weighted by Gasteiger charge is 2.11. The topological polar surface area (TPSA) is 87.3 Å². The van der Waals surface area contributed by atoms with Gasteiger partial charge in [0, 0.05) is 22.4 Å². The van der Waals surface area contributed by atoms with Crippen LogP contribution >= 0.6 is 0 Å². The van der Waals surface area contributed by atoms with Gasteiger partial charge < -0.3 is 5.32 Å². The lowest BCUT2D eigenvalue weighted by molar-refractivity contribution is 0.0846. The molecule has 0 aliphatic heterocycles. The average molecular weight is 415 g/mol. The lowest BCUT2D eigenvalue weighted by Crippen LogP contribution is -2.41. The van der Waals surface area contributed by atoms with Crippen LogP contribution in [0.3, 0.4) is 0 Å². The Morgan fingerprint density at radius 1 is 0.677 bits per heavy atom. The minimum Gasteiger partial charge on any atom is -0.322 e. The van der Waals surface area contributed by atoms with Crippen molar-refractivity contribution >= 4 is 23.4 Å². The van der Waals surface area contributed by atoms with E-state index in [0.717, 1.165) is 11.1 Å². The Kier molecular flexibility index (Phi) is 6.82. The number of hydrazine groups is 1. The van der Waals surface area contributed by atoms with Gasteiger partial charge >= 0.3 is 0 Å². The number of rotatable bonds is 5. The Hall–Kier alpha value is -3.93. The molecule has 0 aromatic heterocycles. The summed E-state index contributed by atoms with van der Waals surface area (Å²) >= 11 is 0. The number of benzene rings is 3. The fraction of sp³-hybridized carbons (Fsp3) is 0.160. The van der Waals surface area contributed by atoms with E-state index in [1.165, 1.54) is 0 Å². The van der Waals surface area contributed by atoms with E-state index in [1.54, 1.807) is 48.5 Å². The molecular weight excluding hydrogens is 390 g/mol. The van der Waals surface area contributed by atoms with Crippen molar-refractivity contribution in [3.05, 3.63) is 101 Å². The van der Waals surface area contributed by atoms with Gasteiger partial charge in [-0.2, -0.15) is 0 Å². The van der Waals surface area contributed by atoms with Crippen LogP contribution in [0, 0.1) is 6.92 Å². The van der Waals surface area contributed by atoms with Crippen LogP contribution in [0.2, 0.25) is 0 Å². The maximum Gasteiger partial charge on any atom is 0.269 e. The Bertz CT molecular complexity index is 1090. The number of carbonyl (C=O) groups excluding carboxylic acids is 3. The van der Waals surface area contributed by atoms with Gasteiger partial charge in [-0.05, 0) is 66.9 Å². The van der Waals surface area contributed by atoms with E-state index in [0.29, 0.717) is 28.3 Å². The molecule has 0 heterocycles. The molecule has 0 fully saturated rings. The second-order valence-corrected chi connectivity index (χ2v) is 7.59. The van der Waals surface area contributed by atoms with Crippen molar-refractivity contribution in [1.82, 2.24) is 10.9 Å². The molecule has 6 nitrogen and oxygen atoms in total. The van der Waals surface area contributed by atoms with Crippen molar-refractivity contribution in [2.45, 2.75) is 26.7 Å². The van der Waals surface area contributed by atoms with Gasteiger partial charge in [0.2, 0.25) is 0 Å². The third kappa shape index (κ3) is 5.79. The van der Waals surface area contributed by atoms with E-state index in [2.05, 4.69) is 30.0 Å². The molecule has 3 N–H and O–H groups in total. The van der Waals surface area contributed by atoms with Gasteiger partial charge in [0.1, 0.15) is 0 Å². The van der Waals surface area contributed by atoms with Crippen LogP contribution in [0.5, 0.6) is 0 Å². The summed E-state index contributed by atoms with van der Waals surface area (Å²) in [6.07, 6.45) is 0. The lowest BCUT2D eigenvalue weighted by atomic mass is 10.0. The normalized spacial score (nSPS) is 10.5. The molecular formula is C25H25N3O3. The van der Waals surface area contributed by atoms with Crippen LogP contribution in [0.15, 0.2) is 72.8 Å². The van der Waals surface area contributed by atoms with Gasteiger partial charge in [0.25, 0.3) is 17.7 Å². The first-order valence-electron chi connectivity index (χ1n) is 10.0. The molecule has 0 unspecified atom stereocenters. The predicted molar refractivity (Wildman–Crippen MR) is 121 cm³/mol. The van der Waals surface area contributed by atoms with E-state index in [-0.39, 0.29) is 5.91 Å². The summed E-state index contributed by atoms with van der Waals surface area (Å²) in [6, 6.07) is 20.9. The Morgan fingerprint density at radius 3 is 1.74 bits per heavy atom. The lowest BCUT2D eigenvalue weighted by Gasteiger charge is -2.10. The summed E-state index contributed by atoms with van der Waals surface area (Å²) in [5.74, 6) is -0.701. The van der Waals surface area contributed by atoms with Gasteiger partial charge in [-0.15, -0.1) is 0 Å². The first-order valence-corrected chi connectivity index (χ1v) is 10.0. The highest BCUT2D eigenvalue weighted by Crippen LogP contribution is 2.15. The van der Waals surface area contributed by atoms with Crippen molar-refractivity contribution in [3.8, 4) is 0 Å². The summed E-state index contributed by atoms with van der Waals surface area (Å²) < 4.78 is 0. The molecule has 0 saturated carbocycles. The van der Waals surface area contributed by atoms with Crippen LogP contribution < -0.4 is 16.2 Å². The number of carbonyl (C=O) groups is 3. The molecule has 3 aromatic carbocycles. The fourth-order valence-corrected chi connectivity index (χ4v) is 2.97. The maximum atomic E-state index is 12.3. The molecule has 3 rings (SSSR count). The third-order valence-electron chi connectivity index (χ3n) is 4.81. The Balaban J connectivity index is 1.55.